The van der Waals surface area contributed by atoms with Crippen LogP contribution in [0.3, 0.4) is 0 Å². The number of fused-ring (bicyclic) bond motifs is 3. The van der Waals surface area contributed by atoms with Crippen molar-refractivity contribution in [3.63, 3.8) is 0 Å². The highest BCUT2D eigenvalue weighted by Crippen LogP contribution is 2.46. The van der Waals surface area contributed by atoms with Crippen LogP contribution in [0.2, 0.25) is 0 Å². The number of halogens is 4. The van der Waals surface area contributed by atoms with Gasteiger partial charge in [0.15, 0.2) is 0 Å². The maximum absolute atomic E-state index is 12.4. The zero-order valence-electron chi connectivity index (χ0n) is 61.1. The predicted molar refractivity (Wildman–Crippen MR) is 428 cm³/mol. The Balaban J connectivity index is 0.000000148. The summed E-state index contributed by atoms with van der Waals surface area (Å²) in [5, 5.41) is 23.5. The van der Waals surface area contributed by atoms with Gasteiger partial charge in [-0.2, -0.15) is 0 Å². The number of nitrogens with zero attached hydrogens (tertiary/aromatic N) is 13. The standard InChI is InChI=1S/C24H25N3O3.C19H17N3O.C19H18N2O3.C9H12BrN3O.C5H2BrClN2O.C5H3BrN2O2/c1-23(2,3)30-22(28)27-13-11-24(12-14-27)15-19(17-9-10-21(25-4)26-16-17)18-7-5-6-8-20(18)29-24;1-20-18-7-6-14(13-22-18)16-12-19(8-10-21-11-9-19)23-17-5-3-2-4-15(16)17;22-18(23)16-6-5-13(12-21-16)15-11-19(7-9-20-10-8-19)24-17-4-2-1-3-14(15)17;1-3-13(4-2)9(14)8-11-5-7(10)6-12-8;6-3-1-8-5(4(7)10)9-2-3;6-3-1-7-4(5(9)10)8-2-3/h5-10,15-16H,11-14H2,1-3H3;2-7,12-13,21H,8-11H2;1-6,11-12,20H,7-10H2,(H,22,23);5-6H,3-4H2,1-2H3;1-2H;1-2H,(H,9,10). The van der Waals surface area contributed by atoms with E-state index in [0.717, 1.165) is 124 Å². The number of aromatic nitrogens is 9. The zero-order chi connectivity index (χ0) is 79.3. The van der Waals surface area contributed by atoms with E-state index >= 15 is 0 Å². The minimum atomic E-state index is -1.12. The van der Waals surface area contributed by atoms with Crippen LogP contribution in [-0.2, 0) is 4.74 Å². The normalized spacial score (nSPS) is 15.5. The largest absolute Gasteiger partial charge is 0.482 e. The first-order valence-electron chi connectivity index (χ1n) is 35.3. The molecule has 12 heterocycles. The lowest BCUT2D eigenvalue weighted by atomic mass is 9.83. The molecule has 0 bridgehead atoms. The van der Waals surface area contributed by atoms with Gasteiger partial charge in [-0.3, -0.25) is 9.59 Å². The molecule has 570 valence electrons. The molecule has 3 spiro atoms. The van der Waals surface area contributed by atoms with Gasteiger partial charge in [0.25, 0.3) is 22.8 Å². The number of carbonyl (C=O) groups is 5. The number of amides is 2. The lowest BCUT2D eigenvalue weighted by molar-refractivity contribution is -0.00123. The van der Waals surface area contributed by atoms with Crippen LogP contribution in [-0.4, -0.2) is 169 Å². The second-order valence-electron chi connectivity index (χ2n) is 26.6. The van der Waals surface area contributed by atoms with Crippen LogP contribution < -0.4 is 24.8 Å². The van der Waals surface area contributed by atoms with Gasteiger partial charge in [-0.1, -0.05) is 85.9 Å². The maximum Gasteiger partial charge on any atom is 0.410 e. The molecular weight excluding hydrogens is 1630 g/mol. The first-order valence-corrected chi connectivity index (χ1v) is 38.1. The Morgan fingerprint density at radius 1 is 0.505 bits per heavy atom. The summed E-state index contributed by atoms with van der Waals surface area (Å²) in [7, 11) is 0. The number of benzene rings is 3. The molecule has 4 N–H and O–H groups in total. The molecule has 0 saturated carbocycles. The van der Waals surface area contributed by atoms with Gasteiger partial charge in [0.2, 0.25) is 17.5 Å². The minimum Gasteiger partial charge on any atom is -0.482 e. The predicted octanol–water partition coefficient (Wildman–Crippen LogP) is 15.8. The Kier molecular flexibility index (Phi) is 28.3. The van der Waals surface area contributed by atoms with Crippen molar-refractivity contribution in [1.29, 1.82) is 0 Å². The monoisotopic (exact) mass is 1710 g/mol. The van der Waals surface area contributed by atoms with Gasteiger partial charge in [0.05, 0.1) is 13.4 Å². The quantitative estimate of drug-likeness (QED) is 0.0770. The Hall–Kier alpha value is -11.1. The lowest BCUT2D eigenvalue weighted by Gasteiger charge is -2.43. The fourth-order valence-corrected chi connectivity index (χ4v) is 13.2. The van der Waals surface area contributed by atoms with Gasteiger partial charge in [-0.15, -0.1) is 9.97 Å². The second kappa shape index (κ2) is 38.1. The third-order valence-corrected chi connectivity index (χ3v) is 19.4. The topological polar surface area (TPSA) is 318 Å². The molecule has 3 fully saturated rings. The fourth-order valence-electron chi connectivity index (χ4n) is 12.5. The van der Waals surface area contributed by atoms with Gasteiger partial charge in [0.1, 0.15) is 57.7 Å². The molecule has 3 saturated heterocycles. The number of carboxylic acid groups (broad SMARTS) is 2. The molecule has 6 aliphatic rings. The third kappa shape index (κ3) is 22.1. The van der Waals surface area contributed by atoms with E-state index in [0.29, 0.717) is 59.6 Å². The number of carbonyl (C=O) groups excluding carboxylic acids is 3. The van der Waals surface area contributed by atoms with Crippen molar-refractivity contribution in [2.75, 3.05) is 52.4 Å². The molecule has 111 heavy (non-hydrogen) atoms. The molecule has 2 amide bonds. The van der Waals surface area contributed by atoms with Crippen LogP contribution in [0.4, 0.5) is 16.4 Å². The molecule has 9 aromatic rings. The molecule has 3 aromatic carbocycles. The number of aromatic carboxylic acids is 2. The number of carboxylic acids is 2. The molecule has 30 heteroatoms. The van der Waals surface area contributed by atoms with Crippen LogP contribution in [0.1, 0.15) is 149 Å². The van der Waals surface area contributed by atoms with Crippen LogP contribution in [0.25, 0.3) is 26.4 Å². The highest BCUT2D eigenvalue weighted by molar-refractivity contribution is 9.11. The number of rotatable bonds is 9. The van der Waals surface area contributed by atoms with Crippen molar-refractivity contribution in [3.05, 3.63) is 276 Å². The van der Waals surface area contributed by atoms with Gasteiger partial charge in [0, 0.05) is 141 Å². The molecule has 0 aliphatic carbocycles. The van der Waals surface area contributed by atoms with E-state index in [4.69, 9.17) is 53.9 Å². The van der Waals surface area contributed by atoms with Gasteiger partial charge < -0.3 is 59.3 Å². The van der Waals surface area contributed by atoms with E-state index < -0.39 is 28.4 Å². The minimum absolute atomic E-state index is 0.0184. The van der Waals surface area contributed by atoms with E-state index in [1.807, 2.05) is 120 Å². The maximum atomic E-state index is 12.4. The van der Waals surface area contributed by atoms with Crippen LogP contribution in [0.5, 0.6) is 17.2 Å². The number of piperidine rings is 3. The molecule has 6 aromatic heterocycles. The van der Waals surface area contributed by atoms with Crippen LogP contribution in [0, 0.1) is 13.1 Å². The lowest BCUT2D eigenvalue weighted by Crippen LogP contribution is -2.50. The summed E-state index contributed by atoms with van der Waals surface area (Å²) in [6, 6.07) is 34.9. The number of para-hydroxylation sites is 3. The molecule has 6 aliphatic heterocycles. The summed E-state index contributed by atoms with van der Waals surface area (Å²) in [4.78, 5) is 101. The van der Waals surface area contributed by atoms with E-state index in [-0.39, 0.29) is 46.4 Å². The van der Waals surface area contributed by atoms with Crippen LogP contribution >= 0.6 is 59.4 Å². The molecule has 0 radical (unpaired) electrons. The SMILES string of the molecule is CCN(CC)C(=O)c1ncc(Br)cn1.O=C(Cl)c1ncc(Br)cn1.O=C(O)c1ccc(C2=CC3(CCNCC3)Oc3ccccc32)cn1.O=C(O)c1ncc(Br)cn1.[C-]#[N+]c1ccc(C2=CC3(CCN(C(=O)OC(C)(C)C)CC3)Oc3ccccc32)cn1.[C-]#[N+]c1ccc(C2=CC3(CCNCC3)Oc3ccccc32)cn1. The van der Waals surface area contributed by atoms with Crippen molar-refractivity contribution in [1.82, 2.24) is 65.3 Å². The summed E-state index contributed by atoms with van der Waals surface area (Å²) < 4.78 is 26.8. The van der Waals surface area contributed by atoms with E-state index in [9.17, 15) is 24.0 Å². The highest BCUT2D eigenvalue weighted by Gasteiger charge is 2.42. The Labute approximate surface area is 672 Å². The van der Waals surface area contributed by atoms with Gasteiger partial charge >= 0.3 is 18.0 Å². The number of hydrogen-bond donors (Lipinski definition) is 4. The fraction of sp³-hybridized carbons (Fsp3) is 0.284. The summed E-state index contributed by atoms with van der Waals surface area (Å²) in [5.41, 5.74) is 7.78. The average Bonchev–Trinajstić information content (AvgIpc) is 0.771. The smallest absolute Gasteiger partial charge is 0.410 e. The second-order valence-corrected chi connectivity index (χ2v) is 29.7. The Bertz CT molecular complexity index is 4900. The zero-order valence-corrected chi connectivity index (χ0v) is 66.6. The number of ether oxygens (including phenoxy) is 4. The van der Waals surface area contributed by atoms with Gasteiger partial charge in [-0.25, -0.2) is 49.3 Å². The van der Waals surface area contributed by atoms with Crippen molar-refractivity contribution in [2.24, 2.45) is 0 Å². The summed E-state index contributed by atoms with van der Waals surface area (Å²) in [6.45, 7) is 29.9. The molecule has 15 rings (SSSR count). The van der Waals surface area contributed by atoms with E-state index in [1.54, 1.807) is 59.0 Å². The molecular formula is C81H77Br3ClN15O11. The van der Waals surface area contributed by atoms with Crippen LogP contribution in [0.15, 0.2) is 197 Å². The van der Waals surface area contributed by atoms with Crippen molar-refractivity contribution < 1.29 is 53.1 Å². The number of pyridine rings is 3. The average molecular weight is 1710 g/mol. The summed E-state index contributed by atoms with van der Waals surface area (Å²) in [5.74, 6) is 1.25. The summed E-state index contributed by atoms with van der Waals surface area (Å²) >= 11 is 14.5. The van der Waals surface area contributed by atoms with Gasteiger partial charge in [-0.05, 0) is 192 Å². The van der Waals surface area contributed by atoms with Crippen molar-refractivity contribution in [2.45, 2.75) is 95.5 Å². The summed E-state index contributed by atoms with van der Waals surface area (Å²) in [6.07, 6.45) is 25.4. The van der Waals surface area contributed by atoms with Crippen molar-refractivity contribution in [3.8, 4) is 17.2 Å². The molecule has 0 unspecified atom stereocenters. The van der Waals surface area contributed by atoms with E-state index in [1.165, 1.54) is 24.8 Å². The third-order valence-electron chi connectivity index (χ3n) is 18.0. The number of hydrogen-bond acceptors (Lipinski definition) is 20. The first-order chi connectivity index (χ1) is 53.3. The highest BCUT2D eigenvalue weighted by atomic mass is 79.9. The molecule has 0 atom stereocenters. The Morgan fingerprint density at radius 3 is 1.19 bits per heavy atom. The number of nitrogens with one attached hydrogen (secondary N) is 2. The van der Waals surface area contributed by atoms with E-state index in [2.05, 4.69) is 137 Å². The Morgan fingerprint density at radius 2 is 0.865 bits per heavy atom. The number of likely N-dealkylation sites (tertiary alicyclic amines) is 1. The molecule has 26 nitrogen and oxygen atoms in total. The first kappa shape index (κ1) is 82.4. The van der Waals surface area contributed by atoms with Crippen molar-refractivity contribution >= 4 is 117 Å².